The normalized spacial score (nSPS) is 12.8. The first kappa shape index (κ1) is 15.7. The minimum absolute atomic E-state index is 0.386. The minimum Gasteiger partial charge on any atom is -0.388 e. The van der Waals surface area contributed by atoms with Gasteiger partial charge in [0.15, 0.2) is 0 Å². The molecule has 2 heteroatoms. The van der Waals surface area contributed by atoms with Crippen LogP contribution in [0, 0.1) is 0 Å². The van der Waals surface area contributed by atoms with Crippen LogP contribution in [0.4, 0.5) is 0 Å². The van der Waals surface area contributed by atoms with E-state index in [2.05, 4.69) is 43.0 Å². The van der Waals surface area contributed by atoms with Crippen molar-refractivity contribution in [2.45, 2.75) is 39.0 Å². The third-order valence-electron chi connectivity index (χ3n) is 3.83. The number of rotatable bonds is 7. The third kappa shape index (κ3) is 5.00. The summed E-state index contributed by atoms with van der Waals surface area (Å²) >= 11 is 0. The molecule has 112 valence electrons. The molecule has 0 spiro atoms. The maximum absolute atomic E-state index is 10.3. The van der Waals surface area contributed by atoms with E-state index in [9.17, 15) is 5.11 Å². The van der Waals surface area contributed by atoms with Gasteiger partial charge in [0.05, 0.1) is 6.10 Å². The van der Waals surface area contributed by atoms with Crippen LogP contribution in [-0.4, -0.2) is 22.6 Å². The monoisotopic (exact) mass is 283 g/mol. The highest BCUT2D eigenvalue weighted by atomic mass is 16.3. The lowest BCUT2D eigenvalue weighted by Crippen LogP contribution is -2.32. The molecule has 2 aromatic carbocycles. The average molecular weight is 283 g/mol. The Balaban J connectivity index is 1.91. The van der Waals surface area contributed by atoms with Gasteiger partial charge in [-0.05, 0) is 31.4 Å². The van der Waals surface area contributed by atoms with Crippen LogP contribution in [0.25, 0.3) is 0 Å². The van der Waals surface area contributed by atoms with Crippen molar-refractivity contribution in [3.05, 3.63) is 71.8 Å². The number of hydrogen-bond acceptors (Lipinski definition) is 2. The number of nitrogens with zero attached hydrogens (tertiary/aromatic N) is 1. The smallest absolute Gasteiger partial charge is 0.0802 e. The Hall–Kier alpha value is -1.64. The summed E-state index contributed by atoms with van der Waals surface area (Å²) in [6.07, 6.45) is 0.373. The summed E-state index contributed by atoms with van der Waals surface area (Å²) in [5.41, 5.74) is 2.32. The standard InChI is InChI=1S/C19H25NO/c1-16(2)20(15-17-9-5-3-6-10-17)14-13-19(21)18-11-7-4-8-12-18/h3-12,16,19,21H,13-15H2,1-2H3. The molecule has 0 aliphatic rings. The number of hydrogen-bond donors (Lipinski definition) is 1. The lowest BCUT2D eigenvalue weighted by Gasteiger charge is -2.27. The van der Waals surface area contributed by atoms with Crippen molar-refractivity contribution in [3.8, 4) is 0 Å². The van der Waals surface area contributed by atoms with Gasteiger partial charge >= 0.3 is 0 Å². The van der Waals surface area contributed by atoms with E-state index in [1.54, 1.807) is 0 Å². The number of aliphatic hydroxyl groups excluding tert-OH is 1. The summed E-state index contributed by atoms with van der Waals surface area (Å²) in [6, 6.07) is 20.9. The summed E-state index contributed by atoms with van der Waals surface area (Å²) in [7, 11) is 0. The molecule has 0 amide bonds. The van der Waals surface area contributed by atoms with Crippen LogP contribution >= 0.6 is 0 Å². The van der Waals surface area contributed by atoms with Crippen molar-refractivity contribution in [2.24, 2.45) is 0 Å². The molecule has 21 heavy (non-hydrogen) atoms. The topological polar surface area (TPSA) is 23.5 Å². The zero-order valence-electron chi connectivity index (χ0n) is 12.9. The van der Waals surface area contributed by atoms with E-state index in [0.717, 1.165) is 25.1 Å². The maximum Gasteiger partial charge on any atom is 0.0802 e. The van der Waals surface area contributed by atoms with Gasteiger partial charge in [-0.2, -0.15) is 0 Å². The molecule has 0 bridgehead atoms. The molecule has 2 aromatic rings. The molecular formula is C19H25NO. The molecule has 2 rings (SSSR count). The van der Waals surface area contributed by atoms with Crippen LogP contribution in [-0.2, 0) is 6.54 Å². The van der Waals surface area contributed by atoms with E-state index < -0.39 is 0 Å². The van der Waals surface area contributed by atoms with E-state index >= 15 is 0 Å². The van der Waals surface area contributed by atoms with Crippen LogP contribution in [0.3, 0.4) is 0 Å². The van der Waals surface area contributed by atoms with Gasteiger partial charge in [0.25, 0.3) is 0 Å². The summed E-state index contributed by atoms with van der Waals surface area (Å²) in [5.74, 6) is 0. The predicted octanol–water partition coefficient (Wildman–Crippen LogP) is 4.02. The lowest BCUT2D eigenvalue weighted by molar-refractivity contribution is 0.127. The van der Waals surface area contributed by atoms with Gasteiger partial charge in [-0.1, -0.05) is 60.7 Å². The molecule has 1 N–H and O–H groups in total. The molecule has 0 aliphatic heterocycles. The van der Waals surface area contributed by atoms with Gasteiger partial charge in [-0.15, -0.1) is 0 Å². The second kappa shape index (κ2) is 7.96. The minimum atomic E-state index is -0.386. The fourth-order valence-electron chi connectivity index (χ4n) is 2.47. The first-order valence-corrected chi connectivity index (χ1v) is 7.68. The molecule has 1 atom stereocenters. The number of aliphatic hydroxyl groups is 1. The average Bonchev–Trinajstić information content (AvgIpc) is 2.52. The van der Waals surface area contributed by atoms with Crippen LogP contribution in [0.15, 0.2) is 60.7 Å². The van der Waals surface area contributed by atoms with Crippen molar-refractivity contribution < 1.29 is 5.11 Å². The first-order chi connectivity index (χ1) is 10.2. The van der Waals surface area contributed by atoms with Crippen LogP contribution in [0.5, 0.6) is 0 Å². The molecule has 0 aromatic heterocycles. The third-order valence-corrected chi connectivity index (χ3v) is 3.83. The van der Waals surface area contributed by atoms with Crippen LogP contribution in [0.1, 0.15) is 37.5 Å². The van der Waals surface area contributed by atoms with E-state index in [-0.39, 0.29) is 6.10 Å². The van der Waals surface area contributed by atoms with Gasteiger partial charge in [-0.25, -0.2) is 0 Å². The molecular weight excluding hydrogens is 258 g/mol. The zero-order valence-corrected chi connectivity index (χ0v) is 12.9. The van der Waals surface area contributed by atoms with Crippen molar-refractivity contribution in [2.75, 3.05) is 6.54 Å². The largest absolute Gasteiger partial charge is 0.388 e. The Kier molecular flexibility index (Phi) is 5.97. The highest BCUT2D eigenvalue weighted by molar-refractivity contribution is 5.17. The fourth-order valence-corrected chi connectivity index (χ4v) is 2.47. The van der Waals surface area contributed by atoms with Gasteiger partial charge in [-0.3, -0.25) is 4.90 Å². The lowest BCUT2D eigenvalue weighted by atomic mass is 10.1. The van der Waals surface area contributed by atoms with E-state index in [1.807, 2.05) is 36.4 Å². The van der Waals surface area contributed by atoms with Crippen molar-refractivity contribution >= 4 is 0 Å². The molecule has 0 radical (unpaired) electrons. The Labute approximate surface area is 128 Å². The summed E-state index contributed by atoms with van der Waals surface area (Å²) in [5, 5.41) is 10.3. The molecule has 0 saturated carbocycles. The van der Waals surface area contributed by atoms with E-state index in [4.69, 9.17) is 0 Å². The first-order valence-electron chi connectivity index (χ1n) is 7.68. The van der Waals surface area contributed by atoms with Gasteiger partial charge < -0.3 is 5.11 Å². The molecule has 0 saturated heterocycles. The van der Waals surface area contributed by atoms with E-state index in [1.165, 1.54) is 5.56 Å². The molecule has 0 aliphatic carbocycles. The molecule has 2 nitrogen and oxygen atoms in total. The van der Waals surface area contributed by atoms with Gasteiger partial charge in [0.1, 0.15) is 0 Å². The van der Waals surface area contributed by atoms with Gasteiger partial charge in [0, 0.05) is 19.1 Å². The Bertz CT molecular complexity index is 510. The van der Waals surface area contributed by atoms with Crippen LogP contribution in [0.2, 0.25) is 0 Å². The Morgan fingerprint density at radius 1 is 0.905 bits per heavy atom. The van der Waals surface area contributed by atoms with E-state index in [0.29, 0.717) is 6.04 Å². The summed E-state index contributed by atoms with van der Waals surface area (Å²) < 4.78 is 0. The Morgan fingerprint density at radius 2 is 1.48 bits per heavy atom. The second-order valence-electron chi connectivity index (χ2n) is 5.76. The molecule has 1 unspecified atom stereocenters. The number of benzene rings is 2. The highest BCUT2D eigenvalue weighted by Gasteiger charge is 2.13. The SMILES string of the molecule is CC(C)N(CCC(O)c1ccccc1)Cc1ccccc1. The van der Waals surface area contributed by atoms with Crippen molar-refractivity contribution in [3.63, 3.8) is 0 Å². The van der Waals surface area contributed by atoms with Crippen molar-refractivity contribution in [1.82, 2.24) is 4.90 Å². The fraction of sp³-hybridized carbons (Fsp3) is 0.368. The van der Waals surface area contributed by atoms with Gasteiger partial charge in [0.2, 0.25) is 0 Å². The maximum atomic E-state index is 10.3. The Morgan fingerprint density at radius 3 is 2.05 bits per heavy atom. The molecule has 0 fully saturated rings. The quantitative estimate of drug-likeness (QED) is 0.829. The second-order valence-corrected chi connectivity index (χ2v) is 5.76. The molecule has 0 heterocycles. The predicted molar refractivity (Wildman–Crippen MR) is 88.0 cm³/mol. The highest BCUT2D eigenvalue weighted by Crippen LogP contribution is 2.18. The van der Waals surface area contributed by atoms with Crippen molar-refractivity contribution in [1.29, 1.82) is 0 Å². The summed E-state index contributed by atoms with van der Waals surface area (Å²) in [4.78, 5) is 2.40. The zero-order chi connectivity index (χ0) is 15.1. The van der Waals surface area contributed by atoms with Crippen LogP contribution < -0.4 is 0 Å². The summed E-state index contributed by atoms with van der Waals surface area (Å²) in [6.45, 7) is 6.23.